The Morgan fingerprint density at radius 2 is 2.29 bits per heavy atom. The molecule has 2 N–H and O–H groups in total. The maximum atomic E-state index is 11.8. The van der Waals surface area contributed by atoms with Crippen LogP contribution in [0.5, 0.6) is 0 Å². The summed E-state index contributed by atoms with van der Waals surface area (Å²) in [5, 5.41) is 13.4. The van der Waals surface area contributed by atoms with E-state index in [2.05, 4.69) is 10.1 Å². The van der Waals surface area contributed by atoms with Gasteiger partial charge in [-0.25, -0.2) is 4.79 Å². The molecular weight excluding hydrogens is 266 g/mol. The monoisotopic (exact) mass is 277 g/mol. The number of hydrogen-bond acceptors (Lipinski definition) is 5. The van der Waals surface area contributed by atoms with E-state index < -0.39 is 24.5 Å². The van der Waals surface area contributed by atoms with Gasteiger partial charge in [-0.2, -0.15) is 0 Å². The van der Waals surface area contributed by atoms with Gasteiger partial charge in [-0.05, 0) is 17.9 Å². The van der Waals surface area contributed by atoms with Crippen LogP contribution in [0.3, 0.4) is 0 Å². The van der Waals surface area contributed by atoms with Gasteiger partial charge >= 0.3 is 5.97 Å². The van der Waals surface area contributed by atoms with Crippen LogP contribution in [0.2, 0.25) is 5.02 Å². The lowest BCUT2D eigenvalue weighted by molar-refractivity contribution is -0.143. The summed E-state index contributed by atoms with van der Waals surface area (Å²) in [6.45, 7) is 1.25. The fourth-order valence-electron chi connectivity index (χ4n) is 1.13. The topological polar surface area (TPSA) is 75.6 Å². The van der Waals surface area contributed by atoms with E-state index in [9.17, 15) is 9.59 Å². The van der Waals surface area contributed by atoms with Crippen molar-refractivity contribution in [3.05, 3.63) is 20.8 Å². The Bertz CT molecular complexity index is 432. The zero-order valence-corrected chi connectivity index (χ0v) is 10.9. The van der Waals surface area contributed by atoms with Crippen molar-refractivity contribution in [2.45, 2.75) is 13.0 Å². The third kappa shape index (κ3) is 3.18. The quantitative estimate of drug-likeness (QED) is 0.804. The minimum Gasteiger partial charge on any atom is -0.467 e. The van der Waals surface area contributed by atoms with Gasteiger partial charge in [-0.3, -0.25) is 4.79 Å². The van der Waals surface area contributed by atoms with E-state index in [0.717, 1.165) is 5.56 Å². The zero-order chi connectivity index (χ0) is 13.0. The van der Waals surface area contributed by atoms with E-state index >= 15 is 0 Å². The standard InChI is InChI=1S/C10H12ClNO4S/c1-5-4-17-8(7(5)11)9(14)12-6(3-13)10(15)16-2/h4,6,13H,3H2,1-2H3,(H,12,14). The Morgan fingerprint density at radius 3 is 2.71 bits per heavy atom. The van der Waals surface area contributed by atoms with E-state index in [1.165, 1.54) is 18.4 Å². The average Bonchev–Trinajstić information content (AvgIpc) is 2.66. The van der Waals surface area contributed by atoms with Crippen LogP contribution in [0.4, 0.5) is 0 Å². The molecule has 0 bridgehead atoms. The van der Waals surface area contributed by atoms with Crippen molar-refractivity contribution < 1.29 is 19.4 Å². The maximum Gasteiger partial charge on any atom is 0.330 e. The Balaban J connectivity index is 2.78. The van der Waals surface area contributed by atoms with Gasteiger partial charge in [0.05, 0.1) is 18.7 Å². The molecule has 0 aliphatic heterocycles. The molecule has 0 fully saturated rings. The van der Waals surface area contributed by atoms with Gasteiger partial charge in [0, 0.05) is 0 Å². The van der Waals surface area contributed by atoms with E-state index in [1.54, 1.807) is 12.3 Å². The smallest absolute Gasteiger partial charge is 0.330 e. The SMILES string of the molecule is COC(=O)C(CO)NC(=O)c1scc(C)c1Cl. The number of rotatable bonds is 4. The van der Waals surface area contributed by atoms with Gasteiger partial charge in [-0.15, -0.1) is 11.3 Å². The van der Waals surface area contributed by atoms with Crippen molar-refractivity contribution >= 4 is 34.8 Å². The van der Waals surface area contributed by atoms with Crippen LogP contribution in [0.15, 0.2) is 5.38 Å². The molecule has 94 valence electrons. The molecule has 1 amide bonds. The van der Waals surface area contributed by atoms with Crippen LogP contribution in [-0.2, 0) is 9.53 Å². The Labute approximate surface area is 107 Å². The van der Waals surface area contributed by atoms with Crippen molar-refractivity contribution in [2.75, 3.05) is 13.7 Å². The van der Waals surface area contributed by atoms with Crippen molar-refractivity contribution in [2.24, 2.45) is 0 Å². The van der Waals surface area contributed by atoms with Crippen molar-refractivity contribution in [1.82, 2.24) is 5.32 Å². The molecule has 7 heteroatoms. The largest absolute Gasteiger partial charge is 0.467 e. The van der Waals surface area contributed by atoms with Gasteiger partial charge in [-0.1, -0.05) is 11.6 Å². The lowest BCUT2D eigenvalue weighted by atomic mass is 10.3. The molecule has 0 aromatic carbocycles. The van der Waals surface area contributed by atoms with E-state index in [-0.39, 0.29) is 0 Å². The van der Waals surface area contributed by atoms with Crippen molar-refractivity contribution in [3.63, 3.8) is 0 Å². The first-order chi connectivity index (χ1) is 8.01. The van der Waals surface area contributed by atoms with Gasteiger partial charge < -0.3 is 15.2 Å². The summed E-state index contributed by atoms with van der Waals surface area (Å²) in [5.74, 6) is -1.21. The number of ether oxygens (including phenoxy) is 1. The highest BCUT2D eigenvalue weighted by molar-refractivity contribution is 7.13. The fraction of sp³-hybridized carbons (Fsp3) is 0.400. The van der Waals surface area contributed by atoms with Crippen LogP contribution >= 0.6 is 22.9 Å². The number of hydrogen-bond donors (Lipinski definition) is 2. The van der Waals surface area contributed by atoms with E-state index in [0.29, 0.717) is 9.90 Å². The number of carbonyl (C=O) groups excluding carboxylic acids is 2. The second kappa shape index (κ2) is 6.00. The average molecular weight is 278 g/mol. The maximum absolute atomic E-state index is 11.8. The Morgan fingerprint density at radius 1 is 1.65 bits per heavy atom. The number of aliphatic hydroxyl groups is 1. The molecule has 0 aliphatic carbocycles. The van der Waals surface area contributed by atoms with Gasteiger partial charge in [0.1, 0.15) is 4.88 Å². The lowest BCUT2D eigenvalue weighted by Gasteiger charge is -2.13. The molecular formula is C10H12ClNO4S. The molecule has 0 aliphatic rings. The molecule has 0 spiro atoms. The summed E-state index contributed by atoms with van der Waals surface area (Å²) in [5.41, 5.74) is 0.792. The van der Waals surface area contributed by atoms with Crippen LogP contribution in [-0.4, -0.2) is 36.7 Å². The summed E-state index contributed by atoms with van der Waals surface area (Å²) in [4.78, 5) is 23.2. The number of nitrogens with one attached hydrogen (secondary N) is 1. The Kier molecular flexibility index (Phi) is 4.92. The van der Waals surface area contributed by atoms with Gasteiger partial charge in [0.2, 0.25) is 0 Å². The number of aryl methyl sites for hydroxylation is 1. The summed E-state index contributed by atoms with van der Waals surface area (Å²) in [6, 6.07) is -1.08. The van der Waals surface area contributed by atoms with Gasteiger partial charge in [0.25, 0.3) is 5.91 Å². The van der Waals surface area contributed by atoms with Crippen LogP contribution in [0, 0.1) is 6.92 Å². The normalized spacial score (nSPS) is 12.0. The van der Waals surface area contributed by atoms with E-state index in [4.69, 9.17) is 16.7 Å². The summed E-state index contributed by atoms with van der Waals surface area (Å²) < 4.78 is 4.43. The first-order valence-corrected chi connectivity index (χ1v) is 6.00. The third-order valence-corrected chi connectivity index (χ3v) is 3.77. The highest BCUT2D eigenvalue weighted by Gasteiger charge is 2.23. The molecule has 5 nitrogen and oxygen atoms in total. The summed E-state index contributed by atoms with van der Waals surface area (Å²) >= 11 is 7.09. The Hall–Kier alpha value is -1.11. The molecule has 1 rings (SSSR count). The highest BCUT2D eigenvalue weighted by atomic mass is 35.5. The molecule has 17 heavy (non-hydrogen) atoms. The molecule has 0 radical (unpaired) electrons. The number of carbonyl (C=O) groups is 2. The predicted octanol–water partition coefficient (Wildman–Crippen LogP) is 0.974. The second-order valence-corrected chi connectivity index (χ2v) is 4.55. The minimum atomic E-state index is -1.08. The second-order valence-electron chi connectivity index (χ2n) is 3.29. The fourth-order valence-corrected chi connectivity index (χ4v) is 2.31. The molecule has 1 aromatic rings. The number of thiophene rings is 1. The molecule has 1 unspecified atom stereocenters. The predicted molar refractivity (Wildman–Crippen MR) is 64.4 cm³/mol. The number of esters is 1. The number of halogens is 1. The first-order valence-electron chi connectivity index (χ1n) is 4.74. The highest BCUT2D eigenvalue weighted by Crippen LogP contribution is 2.26. The lowest BCUT2D eigenvalue weighted by Crippen LogP contribution is -2.43. The minimum absolute atomic E-state index is 0.312. The first kappa shape index (κ1) is 14.0. The number of methoxy groups -OCH3 is 1. The molecule has 1 aromatic heterocycles. The molecule has 1 heterocycles. The van der Waals surface area contributed by atoms with Crippen LogP contribution in [0.25, 0.3) is 0 Å². The molecule has 0 saturated carbocycles. The third-order valence-electron chi connectivity index (χ3n) is 2.08. The van der Waals surface area contributed by atoms with Gasteiger partial charge in [0.15, 0.2) is 6.04 Å². The van der Waals surface area contributed by atoms with E-state index in [1.807, 2.05) is 0 Å². The van der Waals surface area contributed by atoms with Crippen molar-refractivity contribution in [3.8, 4) is 0 Å². The molecule has 1 atom stereocenters. The number of amides is 1. The summed E-state index contributed by atoms with van der Waals surface area (Å²) in [6.07, 6.45) is 0. The molecule has 0 saturated heterocycles. The van der Waals surface area contributed by atoms with Crippen molar-refractivity contribution in [1.29, 1.82) is 0 Å². The number of aliphatic hydroxyl groups excluding tert-OH is 1. The van der Waals surface area contributed by atoms with Crippen LogP contribution in [0.1, 0.15) is 15.2 Å². The summed E-state index contributed by atoms with van der Waals surface area (Å²) in [7, 11) is 1.18. The zero-order valence-electron chi connectivity index (χ0n) is 9.32. The van der Waals surface area contributed by atoms with Crippen LogP contribution < -0.4 is 5.32 Å².